The summed E-state index contributed by atoms with van der Waals surface area (Å²) in [6.07, 6.45) is 0.543. The van der Waals surface area contributed by atoms with Gasteiger partial charge in [-0.05, 0) is 13.3 Å². The number of aryl methyl sites for hydroxylation is 1. The first-order valence-corrected chi connectivity index (χ1v) is 6.32. The van der Waals surface area contributed by atoms with Gasteiger partial charge in [-0.25, -0.2) is 4.98 Å². The van der Waals surface area contributed by atoms with E-state index in [1.807, 2.05) is 6.92 Å². The van der Waals surface area contributed by atoms with Crippen LogP contribution in [0.4, 0.5) is 0 Å². The summed E-state index contributed by atoms with van der Waals surface area (Å²) in [5.74, 6) is -0.0603. The van der Waals surface area contributed by atoms with Crippen molar-refractivity contribution in [2.75, 3.05) is 20.8 Å². The van der Waals surface area contributed by atoms with Gasteiger partial charge < -0.3 is 15.4 Å². The molecule has 1 aromatic heterocycles. The number of hydrogen-bond donors (Lipinski definition) is 1. The van der Waals surface area contributed by atoms with E-state index in [2.05, 4.69) is 4.98 Å². The Morgan fingerprint density at radius 2 is 2.41 bits per heavy atom. The summed E-state index contributed by atoms with van der Waals surface area (Å²) in [7, 11) is 3.36. The third-order valence-electron chi connectivity index (χ3n) is 2.55. The van der Waals surface area contributed by atoms with Gasteiger partial charge in [0.25, 0.3) is 0 Å². The van der Waals surface area contributed by atoms with Crippen molar-refractivity contribution in [2.45, 2.75) is 25.9 Å². The van der Waals surface area contributed by atoms with Crippen LogP contribution in [0.15, 0.2) is 5.51 Å². The quantitative estimate of drug-likeness (QED) is 0.817. The van der Waals surface area contributed by atoms with Crippen molar-refractivity contribution in [3.8, 4) is 0 Å². The van der Waals surface area contributed by atoms with Gasteiger partial charge in [-0.15, -0.1) is 11.3 Å². The molecule has 0 bridgehead atoms. The lowest BCUT2D eigenvalue weighted by Gasteiger charge is -2.20. The number of hydrogen-bond acceptors (Lipinski definition) is 5. The van der Waals surface area contributed by atoms with Crippen molar-refractivity contribution < 1.29 is 9.53 Å². The molecule has 1 amide bonds. The molecule has 0 saturated carbocycles. The highest BCUT2D eigenvalue weighted by Crippen LogP contribution is 2.14. The second kappa shape index (κ2) is 6.68. The monoisotopic (exact) mass is 257 g/mol. The largest absolute Gasteiger partial charge is 0.385 e. The van der Waals surface area contributed by atoms with E-state index in [-0.39, 0.29) is 5.91 Å². The fourth-order valence-electron chi connectivity index (χ4n) is 1.42. The van der Waals surface area contributed by atoms with Gasteiger partial charge in [0, 0.05) is 25.6 Å². The maximum absolute atomic E-state index is 11.9. The fourth-order valence-corrected chi connectivity index (χ4v) is 2.25. The number of thiazole rings is 1. The molecule has 1 unspecified atom stereocenters. The van der Waals surface area contributed by atoms with E-state index in [0.29, 0.717) is 19.6 Å². The van der Waals surface area contributed by atoms with Crippen molar-refractivity contribution in [1.82, 2.24) is 9.88 Å². The molecule has 0 fully saturated rings. The van der Waals surface area contributed by atoms with E-state index in [0.717, 1.165) is 10.6 Å². The normalized spacial score (nSPS) is 12.5. The van der Waals surface area contributed by atoms with Crippen molar-refractivity contribution in [1.29, 1.82) is 0 Å². The van der Waals surface area contributed by atoms with Crippen LogP contribution in [0.25, 0.3) is 0 Å². The van der Waals surface area contributed by atoms with Crippen molar-refractivity contribution in [3.63, 3.8) is 0 Å². The molecule has 0 aliphatic carbocycles. The van der Waals surface area contributed by atoms with E-state index < -0.39 is 6.04 Å². The van der Waals surface area contributed by atoms with Crippen LogP contribution < -0.4 is 5.73 Å². The molecule has 1 heterocycles. The molecule has 0 radical (unpaired) electrons. The van der Waals surface area contributed by atoms with Gasteiger partial charge >= 0.3 is 0 Å². The summed E-state index contributed by atoms with van der Waals surface area (Å²) in [6.45, 7) is 3.01. The van der Waals surface area contributed by atoms with E-state index in [1.165, 1.54) is 0 Å². The number of carbonyl (C=O) groups is 1. The van der Waals surface area contributed by atoms with E-state index in [9.17, 15) is 4.79 Å². The zero-order valence-corrected chi connectivity index (χ0v) is 11.3. The zero-order valence-electron chi connectivity index (χ0n) is 10.5. The predicted molar refractivity (Wildman–Crippen MR) is 67.8 cm³/mol. The summed E-state index contributed by atoms with van der Waals surface area (Å²) in [6, 6.07) is -0.492. The maximum atomic E-state index is 11.9. The molecule has 1 aromatic rings. The number of amides is 1. The second-order valence-electron chi connectivity index (χ2n) is 3.94. The molecule has 96 valence electrons. The third-order valence-corrected chi connectivity index (χ3v) is 3.47. The molecule has 17 heavy (non-hydrogen) atoms. The molecule has 0 saturated heterocycles. The molecule has 1 atom stereocenters. The van der Waals surface area contributed by atoms with Crippen LogP contribution in [0.2, 0.25) is 0 Å². The second-order valence-corrected chi connectivity index (χ2v) is 4.88. The molecule has 2 N–H and O–H groups in total. The molecule has 1 rings (SSSR count). The summed E-state index contributed by atoms with van der Waals surface area (Å²) >= 11 is 1.55. The Hall–Kier alpha value is -0.980. The molecule has 0 aliphatic rings. The molecule has 6 heteroatoms. The van der Waals surface area contributed by atoms with Gasteiger partial charge in [0.05, 0.1) is 23.8 Å². The molecule has 0 aromatic carbocycles. The van der Waals surface area contributed by atoms with Crippen LogP contribution in [-0.2, 0) is 16.1 Å². The molecule has 0 aliphatic heterocycles. The summed E-state index contributed by atoms with van der Waals surface area (Å²) in [5, 5.41) is 0. The highest BCUT2D eigenvalue weighted by molar-refractivity contribution is 7.09. The molecule has 0 spiro atoms. The Labute approximate surface area is 106 Å². The van der Waals surface area contributed by atoms with Crippen LogP contribution in [-0.4, -0.2) is 42.6 Å². The minimum absolute atomic E-state index is 0.0603. The predicted octanol–water partition coefficient (Wildman–Crippen LogP) is 0.774. The first-order chi connectivity index (χ1) is 8.06. The number of ether oxygens (including phenoxy) is 1. The smallest absolute Gasteiger partial charge is 0.239 e. The van der Waals surface area contributed by atoms with Gasteiger partial charge in [0.2, 0.25) is 5.91 Å². The van der Waals surface area contributed by atoms with Crippen molar-refractivity contribution in [3.05, 3.63) is 16.1 Å². The lowest BCUT2D eigenvalue weighted by atomic mass is 10.2. The summed E-state index contributed by atoms with van der Waals surface area (Å²) < 4.78 is 4.91. The minimum Gasteiger partial charge on any atom is -0.385 e. The number of nitrogens with two attached hydrogens (primary N) is 1. The van der Waals surface area contributed by atoms with Gasteiger partial charge in [-0.3, -0.25) is 4.79 Å². The Balaban J connectivity index is 2.49. The Morgan fingerprint density at radius 3 is 2.94 bits per heavy atom. The summed E-state index contributed by atoms with van der Waals surface area (Å²) in [4.78, 5) is 18.8. The zero-order chi connectivity index (χ0) is 12.8. The molecule has 5 nitrogen and oxygen atoms in total. The average molecular weight is 257 g/mol. The van der Waals surface area contributed by atoms with Crippen molar-refractivity contribution in [2.24, 2.45) is 5.73 Å². The number of methoxy groups -OCH3 is 1. The number of likely N-dealkylation sites (N-methyl/N-ethyl adjacent to an activating group) is 1. The lowest BCUT2D eigenvalue weighted by Crippen LogP contribution is -2.41. The molecular formula is C11H19N3O2S. The Kier molecular flexibility index (Phi) is 5.54. The first-order valence-electron chi connectivity index (χ1n) is 5.44. The van der Waals surface area contributed by atoms with Gasteiger partial charge in [0.15, 0.2) is 0 Å². The Morgan fingerprint density at radius 1 is 1.71 bits per heavy atom. The highest BCUT2D eigenvalue weighted by Gasteiger charge is 2.18. The van der Waals surface area contributed by atoms with Gasteiger partial charge in [-0.2, -0.15) is 0 Å². The SMILES string of the molecule is COCCC(N)C(=O)N(C)Cc1scnc1C. The number of aromatic nitrogens is 1. The number of nitrogens with zero attached hydrogens (tertiary/aromatic N) is 2. The number of carbonyl (C=O) groups excluding carboxylic acids is 1. The van der Waals surface area contributed by atoms with Crippen LogP contribution >= 0.6 is 11.3 Å². The highest BCUT2D eigenvalue weighted by atomic mass is 32.1. The maximum Gasteiger partial charge on any atom is 0.239 e. The summed E-state index contributed by atoms with van der Waals surface area (Å²) in [5.41, 5.74) is 8.55. The Bertz CT molecular complexity index is 367. The standard InChI is InChI=1S/C11H19N3O2S/c1-8-10(17-7-13-8)6-14(2)11(15)9(12)4-5-16-3/h7,9H,4-6,12H2,1-3H3. The van der Waals surface area contributed by atoms with E-state index in [4.69, 9.17) is 10.5 Å². The fraction of sp³-hybridized carbons (Fsp3) is 0.636. The number of rotatable bonds is 6. The van der Waals surface area contributed by atoms with E-state index >= 15 is 0 Å². The van der Waals surface area contributed by atoms with Crippen molar-refractivity contribution >= 4 is 17.2 Å². The van der Waals surface area contributed by atoms with E-state index in [1.54, 1.807) is 35.9 Å². The third kappa shape index (κ3) is 4.07. The topological polar surface area (TPSA) is 68.5 Å². The van der Waals surface area contributed by atoms with Gasteiger partial charge in [-0.1, -0.05) is 0 Å². The van der Waals surface area contributed by atoms with Crippen LogP contribution in [0.3, 0.4) is 0 Å². The average Bonchev–Trinajstić information content (AvgIpc) is 2.70. The van der Waals surface area contributed by atoms with Crippen LogP contribution in [0.5, 0.6) is 0 Å². The minimum atomic E-state index is -0.492. The first kappa shape index (κ1) is 14.1. The lowest BCUT2D eigenvalue weighted by molar-refractivity contribution is -0.132. The molecular weight excluding hydrogens is 238 g/mol. The van der Waals surface area contributed by atoms with Gasteiger partial charge in [0.1, 0.15) is 0 Å². The van der Waals surface area contributed by atoms with Crippen LogP contribution in [0, 0.1) is 6.92 Å². The van der Waals surface area contributed by atoms with Crippen LogP contribution in [0.1, 0.15) is 17.0 Å².